The van der Waals surface area contributed by atoms with Gasteiger partial charge < -0.3 is 0 Å². The molecule has 2 unspecified atom stereocenters. The number of fused-ring (bicyclic) bond motifs is 1. The van der Waals surface area contributed by atoms with Crippen molar-refractivity contribution in [2.45, 2.75) is 132 Å². The van der Waals surface area contributed by atoms with Crippen molar-refractivity contribution < 1.29 is 4.79 Å². The lowest BCUT2D eigenvalue weighted by Gasteiger charge is -2.13. The molecular weight excluding hydrogens is 342 g/mol. The maximum Gasteiger partial charge on any atom is 0.132 e. The summed E-state index contributed by atoms with van der Waals surface area (Å²) >= 11 is 0. The molecule has 2 heteroatoms. The molecule has 0 N–H and O–H groups in total. The fourth-order valence-electron chi connectivity index (χ4n) is 3.53. The normalized spacial score (nSPS) is 21.1. The number of ketones is 1. The second kappa shape index (κ2) is 18.1. The summed E-state index contributed by atoms with van der Waals surface area (Å²) in [6.07, 6.45) is 15.9. The summed E-state index contributed by atoms with van der Waals surface area (Å²) in [7, 11) is 0. The first-order valence-corrected chi connectivity index (χ1v) is 12.3. The van der Waals surface area contributed by atoms with Gasteiger partial charge >= 0.3 is 0 Å². The lowest BCUT2D eigenvalue weighted by Crippen LogP contribution is -2.06. The third-order valence-electron chi connectivity index (χ3n) is 5.37. The van der Waals surface area contributed by atoms with Gasteiger partial charge in [-0.1, -0.05) is 93.6 Å². The lowest BCUT2D eigenvalue weighted by molar-refractivity contribution is -0.119. The number of nitrogens with zero attached hydrogens (tertiary/aromatic N) is 1. The molecule has 2 rings (SSSR count). The highest BCUT2D eigenvalue weighted by atomic mass is 16.1. The van der Waals surface area contributed by atoms with Crippen LogP contribution in [-0.4, -0.2) is 17.5 Å². The van der Waals surface area contributed by atoms with E-state index in [0.717, 1.165) is 24.7 Å². The number of carbonyl (C=O) groups excluding carboxylic acids is 1. The minimum absolute atomic E-state index is 0.317. The van der Waals surface area contributed by atoms with E-state index < -0.39 is 0 Å². The fraction of sp³-hybridized carbons (Fsp3) is 0.846. The van der Waals surface area contributed by atoms with Crippen LogP contribution in [0.1, 0.15) is 127 Å². The number of allylic oxidation sites excluding steroid dienone is 1. The topological polar surface area (TPSA) is 29.4 Å². The summed E-state index contributed by atoms with van der Waals surface area (Å²) in [6, 6.07) is 0. The molecule has 2 nitrogen and oxygen atoms in total. The van der Waals surface area contributed by atoms with Crippen LogP contribution in [0.3, 0.4) is 0 Å². The van der Waals surface area contributed by atoms with Crippen molar-refractivity contribution in [3.63, 3.8) is 0 Å². The molecular formula is C26H51NO. The van der Waals surface area contributed by atoms with Crippen LogP contribution in [0.5, 0.6) is 0 Å². The molecule has 2 aliphatic rings. The first kappa shape index (κ1) is 29.3. The Morgan fingerprint density at radius 2 is 1.61 bits per heavy atom. The van der Waals surface area contributed by atoms with Crippen molar-refractivity contribution in [3.05, 3.63) is 11.6 Å². The van der Waals surface area contributed by atoms with E-state index in [-0.39, 0.29) is 0 Å². The van der Waals surface area contributed by atoms with Gasteiger partial charge in [0.1, 0.15) is 5.78 Å². The molecule has 1 saturated carbocycles. The Hall–Kier alpha value is -0.920. The van der Waals surface area contributed by atoms with Crippen LogP contribution in [-0.2, 0) is 4.79 Å². The number of hydrogen-bond donors (Lipinski definition) is 0. The van der Waals surface area contributed by atoms with E-state index in [1.165, 1.54) is 50.5 Å². The molecule has 0 saturated heterocycles. The molecule has 1 heterocycles. The van der Waals surface area contributed by atoms with E-state index in [1.54, 1.807) is 0 Å². The van der Waals surface area contributed by atoms with Crippen LogP contribution >= 0.6 is 0 Å². The van der Waals surface area contributed by atoms with Crippen molar-refractivity contribution in [1.82, 2.24) is 0 Å². The van der Waals surface area contributed by atoms with Crippen molar-refractivity contribution in [2.75, 3.05) is 0 Å². The van der Waals surface area contributed by atoms with E-state index >= 15 is 0 Å². The average Bonchev–Trinajstić information content (AvgIpc) is 3.40. The van der Waals surface area contributed by atoms with E-state index in [0.29, 0.717) is 17.7 Å². The van der Waals surface area contributed by atoms with Crippen molar-refractivity contribution in [1.29, 1.82) is 0 Å². The smallest absolute Gasteiger partial charge is 0.132 e. The average molecular weight is 394 g/mol. The Morgan fingerprint density at radius 3 is 2.04 bits per heavy atom. The molecule has 1 aliphatic heterocycles. The zero-order chi connectivity index (χ0) is 22.0. The zero-order valence-electron chi connectivity index (χ0n) is 20.7. The number of rotatable bonds is 10. The van der Waals surface area contributed by atoms with E-state index in [2.05, 4.69) is 45.0 Å². The summed E-state index contributed by atoms with van der Waals surface area (Å²) in [5, 5.41) is 0. The van der Waals surface area contributed by atoms with Gasteiger partial charge in [-0.15, -0.1) is 0 Å². The SMILES string of the molecule is CC.CC.CCCC(CCC)CCC(=O)CC.CCCC1=CC2CC2(C)N=C1. The quantitative estimate of drug-likeness (QED) is 0.365. The maximum absolute atomic E-state index is 11.1. The number of carbonyl (C=O) groups is 1. The molecule has 0 aromatic carbocycles. The van der Waals surface area contributed by atoms with Crippen molar-refractivity contribution >= 4 is 12.0 Å². The Balaban J connectivity index is 0. The molecule has 0 radical (unpaired) electrons. The Kier molecular flexibility index (Phi) is 19.0. The lowest BCUT2D eigenvalue weighted by atomic mass is 9.92. The number of hydrogen-bond acceptors (Lipinski definition) is 2. The van der Waals surface area contributed by atoms with Crippen LogP contribution in [0.2, 0.25) is 0 Å². The first-order valence-electron chi connectivity index (χ1n) is 12.3. The molecule has 0 spiro atoms. The maximum atomic E-state index is 11.1. The van der Waals surface area contributed by atoms with Crippen LogP contribution in [0.4, 0.5) is 0 Å². The molecule has 1 fully saturated rings. The summed E-state index contributed by atoms with van der Waals surface area (Å²) < 4.78 is 0. The molecule has 0 bridgehead atoms. The zero-order valence-corrected chi connectivity index (χ0v) is 20.7. The highest BCUT2D eigenvalue weighted by molar-refractivity contribution is 5.81. The molecule has 0 amide bonds. The van der Waals surface area contributed by atoms with Gasteiger partial charge in [-0.3, -0.25) is 9.79 Å². The minimum atomic E-state index is 0.317. The second-order valence-corrected chi connectivity index (χ2v) is 7.79. The third-order valence-corrected chi connectivity index (χ3v) is 5.37. The highest BCUT2D eigenvalue weighted by Crippen LogP contribution is 2.50. The summed E-state index contributed by atoms with van der Waals surface area (Å²) in [5.41, 5.74) is 1.77. The summed E-state index contributed by atoms with van der Waals surface area (Å²) in [4.78, 5) is 15.7. The minimum Gasteiger partial charge on any atom is -0.300 e. The monoisotopic (exact) mass is 393 g/mol. The second-order valence-electron chi connectivity index (χ2n) is 7.79. The number of dihydropyridines is 1. The summed E-state index contributed by atoms with van der Waals surface area (Å²) in [5.74, 6) is 2.00. The van der Waals surface area contributed by atoms with Crippen LogP contribution in [0.25, 0.3) is 0 Å². The predicted octanol–water partition coefficient (Wildman–Crippen LogP) is 8.59. The fourth-order valence-corrected chi connectivity index (χ4v) is 3.53. The van der Waals surface area contributed by atoms with Gasteiger partial charge in [0.05, 0.1) is 5.54 Å². The van der Waals surface area contributed by atoms with Crippen LogP contribution < -0.4 is 0 Å². The molecule has 166 valence electrons. The molecule has 1 aliphatic carbocycles. The first-order chi connectivity index (χ1) is 13.5. The number of Topliss-reactive ketones (excluding diaryl/α,β-unsaturated/α-hetero) is 1. The van der Waals surface area contributed by atoms with Crippen LogP contribution in [0.15, 0.2) is 16.6 Å². The van der Waals surface area contributed by atoms with Crippen LogP contribution in [0, 0.1) is 11.8 Å². The van der Waals surface area contributed by atoms with Crippen molar-refractivity contribution in [2.24, 2.45) is 16.8 Å². The van der Waals surface area contributed by atoms with Gasteiger partial charge in [0, 0.05) is 25.0 Å². The van der Waals surface area contributed by atoms with Gasteiger partial charge in [0.2, 0.25) is 0 Å². The van der Waals surface area contributed by atoms with Gasteiger partial charge in [0.15, 0.2) is 0 Å². The molecule has 28 heavy (non-hydrogen) atoms. The molecule has 2 atom stereocenters. The predicted molar refractivity (Wildman–Crippen MR) is 129 cm³/mol. The van der Waals surface area contributed by atoms with Crippen molar-refractivity contribution in [3.8, 4) is 0 Å². The van der Waals surface area contributed by atoms with E-state index in [1.807, 2.05) is 34.6 Å². The Bertz CT molecular complexity index is 432. The molecule has 0 aromatic rings. The third kappa shape index (κ3) is 12.5. The Labute approximate surface area is 177 Å². The molecule has 0 aromatic heterocycles. The van der Waals surface area contributed by atoms with Gasteiger partial charge in [-0.25, -0.2) is 0 Å². The van der Waals surface area contributed by atoms with E-state index in [9.17, 15) is 4.79 Å². The standard InChI is InChI=1S/C12H24O.C10H15N.2C2H6/c1-4-7-11(8-5-2)9-10-12(13)6-3;1-3-4-8-5-9-6-10(9,2)11-7-8;2*1-2/h11H,4-10H2,1-3H3;5,7,9H,3-4,6H2,1-2H3;2*1-2H3. The van der Waals surface area contributed by atoms with E-state index in [4.69, 9.17) is 0 Å². The summed E-state index contributed by atoms with van der Waals surface area (Å²) in [6.45, 7) is 18.9. The van der Waals surface area contributed by atoms with Gasteiger partial charge in [-0.05, 0) is 37.7 Å². The van der Waals surface area contributed by atoms with Gasteiger partial charge in [0.25, 0.3) is 0 Å². The van der Waals surface area contributed by atoms with Gasteiger partial charge in [-0.2, -0.15) is 0 Å². The largest absolute Gasteiger partial charge is 0.300 e. The number of aliphatic imine (C=N–C) groups is 1. The Morgan fingerprint density at radius 1 is 1.04 bits per heavy atom. The highest BCUT2D eigenvalue weighted by Gasteiger charge is 2.49.